The average molecular weight is 451 g/mol. The molecule has 0 aromatic heterocycles. The van der Waals surface area contributed by atoms with Gasteiger partial charge in [0.1, 0.15) is 13.1 Å². The first kappa shape index (κ1) is 27.7. The maximum Gasteiger partial charge on any atom is 0.265 e. The first-order chi connectivity index (χ1) is 12.6. The molecule has 0 aliphatic carbocycles. The molecule has 0 saturated heterocycles. The van der Waals surface area contributed by atoms with Crippen molar-refractivity contribution in [3.63, 3.8) is 0 Å². The van der Waals surface area contributed by atoms with Crippen LogP contribution in [0.4, 0.5) is 0 Å². The minimum atomic E-state index is -3.90. The number of hydrogen-bond acceptors (Lipinski definition) is 6. The summed E-state index contributed by atoms with van der Waals surface area (Å²) in [6.07, 6.45) is 0.792. The highest BCUT2D eigenvalue weighted by atomic mass is 32.2. The number of hydrogen-bond donors (Lipinski definition) is 2. The van der Waals surface area contributed by atoms with Crippen LogP contribution in [-0.2, 0) is 29.7 Å². The predicted molar refractivity (Wildman–Crippen MR) is 107 cm³/mol. The molecule has 28 heavy (non-hydrogen) atoms. The molecule has 0 saturated carbocycles. The fourth-order valence-electron chi connectivity index (χ4n) is 2.52. The molecule has 0 spiro atoms. The molecular formula is C16H38N2O8S2+2. The van der Waals surface area contributed by atoms with Gasteiger partial charge in [-0.25, -0.2) is 0 Å². The van der Waals surface area contributed by atoms with Gasteiger partial charge >= 0.3 is 0 Å². The Bertz CT molecular complexity index is 577. The van der Waals surface area contributed by atoms with E-state index in [-0.39, 0.29) is 11.5 Å². The van der Waals surface area contributed by atoms with E-state index < -0.39 is 20.2 Å². The Morgan fingerprint density at radius 3 is 1.21 bits per heavy atom. The van der Waals surface area contributed by atoms with Crippen molar-refractivity contribution in [3.8, 4) is 0 Å². The van der Waals surface area contributed by atoms with E-state index in [1.165, 1.54) is 0 Å². The van der Waals surface area contributed by atoms with Crippen LogP contribution >= 0.6 is 0 Å². The van der Waals surface area contributed by atoms with Gasteiger partial charge in [0.25, 0.3) is 20.2 Å². The van der Waals surface area contributed by atoms with Gasteiger partial charge in [0.05, 0.1) is 79.2 Å². The number of ether oxygens (including phenoxy) is 2. The molecule has 0 heterocycles. The molecule has 0 bridgehead atoms. The van der Waals surface area contributed by atoms with Crippen molar-refractivity contribution in [1.82, 2.24) is 0 Å². The zero-order valence-corrected chi connectivity index (χ0v) is 19.2. The summed E-state index contributed by atoms with van der Waals surface area (Å²) in [7, 11) is 0.104. The van der Waals surface area contributed by atoms with Gasteiger partial charge in [0.15, 0.2) is 0 Å². The Kier molecular flexibility index (Phi) is 12.2. The van der Waals surface area contributed by atoms with Crippen molar-refractivity contribution in [2.24, 2.45) is 0 Å². The van der Waals surface area contributed by atoms with Crippen molar-refractivity contribution < 1.29 is 44.4 Å². The zero-order valence-electron chi connectivity index (χ0n) is 17.5. The molecule has 0 fully saturated rings. The van der Waals surface area contributed by atoms with Crippen LogP contribution in [0.15, 0.2) is 0 Å². The van der Waals surface area contributed by atoms with Crippen LogP contribution in [0.25, 0.3) is 0 Å². The summed E-state index contributed by atoms with van der Waals surface area (Å²) in [4.78, 5) is 0. The molecule has 2 N–H and O–H groups in total. The van der Waals surface area contributed by atoms with E-state index in [2.05, 4.69) is 0 Å². The van der Waals surface area contributed by atoms with Gasteiger partial charge in [-0.15, -0.1) is 0 Å². The highest BCUT2D eigenvalue weighted by molar-refractivity contribution is 7.86. The standard InChI is InChI=1S/C16H36N2O8S2/c1-17(2,7-5-15-27(19,20)21)9-11-25-13-14-26-12-10-18(3,4)8-6-16-28(22,23)24/h5-16H2,1-4H3/p+2. The van der Waals surface area contributed by atoms with E-state index in [0.29, 0.717) is 61.3 Å². The van der Waals surface area contributed by atoms with E-state index in [4.69, 9.17) is 18.6 Å². The van der Waals surface area contributed by atoms with Gasteiger partial charge < -0.3 is 18.4 Å². The van der Waals surface area contributed by atoms with Crippen LogP contribution in [-0.4, -0.2) is 127 Å². The van der Waals surface area contributed by atoms with Crippen LogP contribution in [0, 0.1) is 0 Å². The maximum absolute atomic E-state index is 10.7. The molecule has 0 aliphatic rings. The van der Waals surface area contributed by atoms with E-state index in [9.17, 15) is 16.8 Å². The Balaban J connectivity index is 3.72. The van der Waals surface area contributed by atoms with E-state index in [0.717, 1.165) is 13.1 Å². The minimum absolute atomic E-state index is 0.228. The molecule has 0 aliphatic heterocycles. The smallest absolute Gasteiger partial charge is 0.265 e. The summed E-state index contributed by atoms with van der Waals surface area (Å²) in [5.74, 6) is -0.456. The molecule has 10 nitrogen and oxygen atoms in total. The van der Waals surface area contributed by atoms with Gasteiger partial charge in [-0.1, -0.05) is 0 Å². The average Bonchev–Trinajstić information content (AvgIpc) is 2.46. The van der Waals surface area contributed by atoms with Crippen LogP contribution in [0.1, 0.15) is 12.8 Å². The predicted octanol–water partition coefficient (Wildman–Crippen LogP) is -0.272. The number of quaternary nitrogens is 2. The highest BCUT2D eigenvalue weighted by Gasteiger charge is 2.17. The zero-order chi connectivity index (χ0) is 21.9. The molecule has 0 rings (SSSR count). The molecule has 0 unspecified atom stereocenters. The second-order valence-electron chi connectivity index (χ2n) is 8.27. The summed E-state index contributed by atoms with van der Waals surface area (Å²) in [5.41, 5.74) is 0. The molecule has 12 heteroatoms. The fourth-order valence-corrected chi connectivity index (χ4v) is 3.51. The highest BCUT2D eigenvalue weighted by Crippen LogP contribution is 2.02. The summed E-state index contributed by atoms with van der Waals surface area (Å²) in [6.45, 7) is 4.68. The first-order valence-electron chi connectivity index (χ1n) is 9.32. The van der Waals surface area contributed by atoms with Gasteiger partial charge in [-0.05, 0) is 0 Å². The third kappa shape index (κ3) is 19.0. The monoisotopic (exact) mass is 450 g/mol. The Hall–Kier alpha value is -0.340. The molecule has 0 atom stereocenters. The van der Waals surface area contributed by atoms with Gasteiger partial charge in [0.2, 0.25) is 0 Å². The second-order valence-corrected chi connectivity index (χ2v) is 11.4. The first-order valence-corrected chi connectivity index (χ1v) is 12.5. The molecule has 0 aromatic carbocycles. The van der Waals surface area contributed by atoms with E-state index in [1.54, 1.807) is 0 Å². The fraction of sp³-hybridized carbons (Fsp3) is 1.00. The van der Waals surface area contributed by atoms with Crippen molar-refractivity contribution >= 4 is 20.2 Å². The topological polar surface area (TPSA) is 127 Å². The lowest BCUT2D eigenvalue weighted by Gasteiger charge is -2.30. The summed E-state index contributed by atoms with van der Waals surface area (Å²) in [5, 5.41) is 0. The Labute approximate surface area is 170 Å². The van der Waals surface area contributed by atoms with Gasteiger partial charge in [-0.2, -0.15) is 16.8 Å². The van der Waals surface area contributed by atoms with Gasteiger partial charge in [0, 0.05) is 12.8 Å². The molecule has 0 amide bonds. The third-order valence-electron chi connectivity index (χ3n) is 4.39. The molecule has 0 radical (unpaired) electrons. The van der Waals surface area contributed by atoms with Crippen LogP contribution < -0.4 is 0 Å². The second kappa shape index (κ2) is 12.4. The van der Waals surface area contributed by atoms with Gasteiger partial charge in [-0.3, -0.25) is 9.11 Å². The van der Waals surface area contributed by atoms with Crippen LogP contribution in [0.3, 0.4) is 0 Å². The molecule has 170 valence electrons. The summed E-state index contributed by atoms with van der Waals surface area (Å²) >= 11 is 0. The summed E-state index contributed by atoms with van der Waals surface area (Å²) in [6, 6.07) is 0. The van der Waals surface area contributed by atoms with E-state index >= 15 is 0 Å². The maximum atomic E-state index is 10.7. The van der Waals surface area contributed by atoms with Crippen molar-refractivity contribution in [2.45, 2.75) is 12.8 Å². The van der Waals surface area contributed by atoms with Crippen molar-refractivity contribution in [2.75, 3.05) is 92.3 Å². The summed E-state index contributed by atoms with van der Waals surface area (Å²) < 4.78 is 72.7. The quantitative estimate of drug-likeness (QED) is 0.176. The number of nitrogens with zero attached hydrogens (tertiary/aromatic N) is 2. The van der Waals surface area contributed by atoms with E-state index in [1.807, 2.05) is 28.2 Å². The molecule has 0 aromatic rings. The Morgan fingerprint density at radius 1 is 0.607 bits per heavy atom. The Morgan fingerprint density at radius 2 is 0.929 bits per heavy atom. The molecular weight excluding hydrogens is 412 g/mol. The normalized spacial score (nSPS) is 13.8. The largest absolute Gasteiger partial charge is 0.373 e. The van der Waals surface area contributed by atoms with Crippen LogP contribution in [0.5, 0.6) is 0 Å². The number of likely N-dealkylation sites (N-methyl/N-ethyl adjacent to an activating group) is 2. The van der Waals surface area contributed by atoms with Crippen LogP contribution in [0.2, 0.25) is 0 Å². The lowest BCUT2D eigenvalue weighted by atomic mass is 10.3. The number of rotatable bonds is 17. The third-order valence-corrected chi connectivity index (χ3v) is 5.99. The minimum Gasteiger partial charge on any atom is -0.373 e. The SMILES string of the molecule is C[N+](C)(CCCS(=O)(=O)O)CCOCCOCC[N+](C)(C)CCCS(=O)(=O)O. The lowest BCUT2D eigenvalue weighted by Crippen LogP contribution is -2.44. The van der Waals surface area contributed by atoms with Crippen molar-refractivity contribution in [3.05, 3.63) is 0 Å². The lowest BCUT2D eigenvalue weighted by molar-refractivity contribution is -0.890. The van der Waals surface area contributed by atoms with Crippen molar-refractivity contribution in [1.29, 1.82) is 0 Å².